The lowest BCUT2D eigenvalue weighted by Crippen LogP contribution is -2.14. The highest BCUT2D eigenvalue weighted by Crippen LogP contribution is 2.48. The van der Waals surface area contributed by atoms with Crippen molar-refractivity contribution in [1.29, 1.82) is 0 Å². The second kappa shape index (κ2) is 17.5. The molecule has 0 spiro atoms. The Labute approximate surface area is 399 Å². The number of rotatable bonds is 4. The number of benzene rings is 10. The maximum Gasteiger partial charge on any atom is 0.136 e. The number of nitrogens with zero attached hydrogens (tertiary/aromatic N) is 1. The molecule has 2 heterocycles. The Bertz CT molecular complexity index is 3760. The van der Waals surface area contributed by atoms with Gasteiger partial charge in [-0.05, 0) is 125 Å². The average molecular weight is 876 g/mol. The van der Waals surface area contributed by atoms with Crippen LogP contribution in [-0.2, 0) is 5.41 Å². The molecule has 0 N–H and O–H groups in total. The lowest BCUT2D eigenvalue weighted by Gasteiger charge is -2.21. The van der Waals surface area contributed by atoms with Gasteiger partial charge in [0, 0.05) is 32.6 Å². The van der Waals surface area contributed by atoms with Crippen LogP contribution in [0.15, 0.2) is 235 Å². The first-order chi connectivity index (χ1) is 33.2. The highest BCUT2D eigenvalue weighted by molar-refractivity contribution is 6.14. The summed E-state index contributed by atoms with van der Waals surface area (Å²) in [6.07, 6.45) is 0. The summed E-state index contributed by atoms with van der Waals surface area (Å²) < 4.78 is 8.66. The molecule has 0 aliphatic heterocycles. The molecular formula is C66H53NO. The summed E-state index contributed by atoms with van der Waals surface area (Å²) in [5.41, 5.74) is 22.6. The first-order valence-corrected chi connectivity index (χ1v) is 23.7. The molecule has 0 atom stereocenters. The molecule has 328 valence electrons. The number of aromatic nitrogens is 1. The summed E-state index contributed by atoms with van der Waals surface area (Å²) in [5.74, 6) is 0. The van der Waals surface area contributed by atoms with Crippen LogP contribution in [0.3, 0.4) is 0 Å². The highest BCUT2D eigenvalue weighted by Gasteiger charge is 2.34. The minimum absolute atomic E-state index is 0.151. The van der Waals surface area contributed by atoms with E-state index in [9.17, 15) is 0 Å². The third-order valence-corrected chi connectivity index (χ3v) is 13.8. The molecule has 0 saturated carbocycles. The average Bonchev–Trinajstić information content (AvgIpc) is 4.00. The van der Waals surface area contributed by atoms with Gasteiger partial charge in [0.25, 0.3) is 0 Å². The lowest BCUT2D eigenvalue weighted by atomic mass is 9.82. The molecule has 1 aliphatic carbocycles. The van der Waals surface area contributed by atoms with Crippen molar-refractivity contribution < 1.29 is 4.42 Å². The fourth-order valence-corrected chi connectivity index (χ4v) is 10.2. The number of furan rings is 1. The molecular weight excluding hydrogens is 823 g/mol. The van der Waals surface area contributed by atoms with Crippen LogP contribution in [0.2, 0.25) is 0 Å². The quantitative estimate of drug-likeness (QED) is 0.172. The molecule has 12 aromatic rings. The number of hydrogen-bond donors (Lipinski definition) is 0. The second-order valence-electron chi connectivity index (χ2n) is 18.7. The maximum atomic E-state index is 6.31. The summed E-state index contributed by atoms with van der Waals surface area (Å²) in [7, 11) is 0. The first-order valence-electron chi connectivity index (χ1n) is 23.7. The Kier molecular flexibility index (Phi) is 11.0. The molecule has 1 aliphatic rings. The van der Waals surface area contributed by atoms with Crippen LogP contribution in [0.4, 0.5) is 0 Å². The van der Waals surface area contributed by atoms with E-state index in [1.165, 1.54) is 105 Å². The molecule has 2 aromatic heterocycles. The Hall–Kier alpha value is -8.20. The van der Waals surface area contributed by atoms with Crippen molar-refractivity contribution in [2.45, 2.75) is 40.0 Å². The predicted octanol–water partition coefficient (Wildman–Crippen LogP) is 18.3. The summed E-state index contributed by atoms with van der Waals surface area (Å²) in [6, 6.07) is 82.3. The fraction of sp³-hybridized carbons (Fsp3) is 0.0909. The van der Waals surface area contributed by atoms with Crippen LogP contribution in [0, 0.1) is 20.8 Å². The standard InChI is InChI=1S/C37H25NO.C16H16.C13H12/c1-24-14-16-25(17-15-24)29-11-7-13-36-37(29)32-23-27(19-21-35(32)39-36)26-18-20-34-31(22-26)30-10-5-6-12-33(30)38(34)28-8-3-2-4-9-28;1-11-8-9-13-12-6-4-5-7-14(12)16(2,3)15(13)10-11;1-11-7-9-13(10-8-11)12-5-3-2-4-6-12/h2-23H,1H3;4-10H,1-3H3;2-10H,1H3. The van der Waals surface area contributed by atoms with E-state index in [1.54, 1.807) is 0 Å². The molecule has 2 nitrogen and oxygen atoms in total. The molecule has 10 aromatic carbocycles. The van der Waals surface area contributed by atoms with Crippen molar-refractivity contribution in [1.82, 2.24) is 4.57 Å². The largest absolute Gasteiger partial charge is 0.456 e. The van der Waals surface area contributed by atoms with Crippen LogP contribution < -0.4 is 0 Å². The second-order valence-corrected chi connectivity index (χ2v) is 18.7. The van der Waals surface area contributed by atoms with E-state index in [0.29, 0.717) is 0 Å². The van der Waals surface area contributed by atoms with Crippen molar-refractivity contribution in [2.24, 2.45) is 0 Å². The molecule has 0 saturated heterocycles. The molecule has 0 amide bonds. The fourth-order valence-electron chi connectivity index (χ4n) is 10.2. The van der Waals surface area contributed by atoms with Crippen LogP contribution >= 0.6 is 0 Å². The first kappa shape index (κ1) is 42.4. The van der Waals surface area contributed by atoms with Crippen molar-refractivity contribution in [3.05, 3.63) is 258 Å². The van der Waals surface area contributed by atoms with Gasteiger partial charge < -0.3 is 8.98 Å². The zero-order valence-corrected chi connectivity index (χ0v) is 39.3. The van der Waals surface area contributed by atoms with E-state index in [1.807, 2.05) is 6.07 Å². The SMILES string of the molecule is Cc1ccc(-c2cccc3oc4ccc(-c5ccc6c(c5)c5ccccc5n6-c5ccccc5)cc4c23)cc1.Cc1ccc(-c2ccccc2)cc1.Cc1ccc2c(c1)C(C)(C)c1ccccc1-2. The Morgan fingerprint density at radius 2 is 0.882 bits per heavy atom. The van der Waals surface area contributed by atoms with Crippen molar-refractivity contribution in [3.63, 3.8) is 0 Å². The highest BCUT2D eigenvalue weighted by atomic mass is 16.3. The van der Waals surface area contributed by atoms with E-state index in [0.717, 1.165) is 16.6 Å². The van der Waals surface area contributed by atoms with Crippen LogP contribution in [-0.4, -0.2) is 4.57 Å². The zero-order valence-electron chi connectivity index (χ0n) is 39.3. The van der Waals surface area contributed by atoms with Gasteiger partial charge in [-0.25, -0.2) is 0 Å². The van der Waals surface area contributed by atoms with Crippen LogP contribution in [0.5, 0.6) is 0 Å². The van der Waals surface area contributed by atoms with Gasteiger partial charge in [0.1, 0.15) is 11.2 Å². The van der Waals surface area contributed by atoms with Gasteiger partial charge in [0.2, 0.25) is 0 Å². The molecule has 13 rings (SSSR count). The van der Waals surface area contributed by atoms with Crippen molar-refractivity contribution in [3.8, 4) is 50.2 Å². The topological polar surface area (TPSA) is 18.1 Å². The summed E-state index contributed by atoms with van der Waals surface area (Å²) >= 11 is 0. The number of para-hydroxylation sites is 2. The number of hydrogen-bond acceptors (Lipinski definition) is 1. The van der Waals surface area contributed by atoms with E-state index >= 15 is 0 Å². The van der Waals surface area contributed by atoms with Gasteiger partial charge in [0.05, 0.1) is 11.0 Å². The number of aryl methyl sites for hydroxylation is 3. The normalized spacial score (nSPS) is 12.3. The Morgan fingerprint density at radius 3 is 1.63 bits per heavy atom. The third kappa shape index (κ3) is 7.78. The van der Waals surface area contributed by atoms with E-state index in [-0.39, 0.29) is 5.41 Å². The molecule has 0 radical (unpaired) electrons. The molecule has 68 heavy (non-hydrogen) atoms. The molecule has 0 bridgehead atoms. The Balaban J connectivity index is 0.000000142. The van der Waals surface area contributed by atoms with Gasteiger partial charge in [-0.3, -0.25) is 0 Å². The lowest BCUT2D eigenvalue weighted by molar-refractivity contribution is 0.660. The summed E-state index contributed by atoms with van der Waals surface area (Å²) in [5, 5.41) is 4.82. The van der Waals surface area contributed by atoms with Gasteiger partial charge in [-0.2, -0.15) is 0 Å². The Morgan fingerprint density at radius 1 is 0.338 bits per heavy atom. The third-order valence-electron chi connectivity index (χ3n) is 13.8. The molecule has 0 fully saturated rings. The smallest absolute Gasteiger partial charge is 0.136 e. The van der Waals surface area contributed by atoms with Crippen LogP contribution in [0.1, 0.15) is 41.7 Å². The van der Waals surface area contributed by atoms with E-state index in [2.05, 4.69) is 264 Å². The maximum absolute atomic E-state index is 6.31. The van der Waals surface area contributed by atoms with E-state index < -0.39 is 0 Å². The molecule has 2 heteroatoms. The monoisotopic (exact) mass is 875 g/mol. The van der Waals surface area contributed by atoms with Gasteiger partial charge in [-0.1, -0.05) is 213 Å². The molecule has 0 unspecified atom stereocenters. The predicted molar refractivity (Wildman–Crippen MR) is 289 cm³/mol. The zero-order chi connectivity index (χ0) is 46.4. The van der Waals surface area contributed by atoms with Crippen molar-refractivity contribution in [2.75, 3.05) is 0 Å². The van der Waals surface area contributed by atoms with Gasteiger partial charge >= 0.3 is 0 Å². The number of fused-ring (bicyclic) bond motifs is 9. The summed E-state index contributed by atoms with van der Waals surface area (Å²) in [6.45, 7) is 11.0. The van der Waals surface area contributed by atoms with Crippen LogP contribution in [0.25, 0.3) is 93.9 Å². The van der Waals surface area contributed by atoms with Crippen molar-refractivity contribution >= 4 is 43.7 Å². The van der Waals surface area contributed by atoms with Gasteiger partial charge in [0.15, 0.2) is 0 Å². The summed E-state index contributed by atoms with van der Waals surface area (Å²) in [4.78, 5) is 0. The van der Waals surface area contributed by atoms with E-state index in [4.69, 9.17) is 4.42 Å². The minimum atomic E-state index is 0.151. The minimum Gasteiger partial charge on any atom is -0.456 e. The van der Waals surface area contributed by atoms with Gasteiger partial charge in [-0.15, -0.1) is 0 Å².